The molecule has 0 unspecified atom stereocenters. The van der Waals surface area contributed by atoms with Crippen LogP contribution in [0.4, 0.5) is 14.5 Å². The van der Waals surface area contributed by atoms with E-state index < -0.39 is 32.9 Å². The molecule has 42 heavy (non-hydrogen) atoms. The van der Waals surface area contributed by atoms with Crippen molar-refractivity contribution in [3.05, 3.63) is 69.1 Å². The summed E-state index contributed by atoms with van der Waals surface area (Å²) in [6, 6.07) is 9.27. The number of benzene rings is 2. The Kier molecular flexibility index (Phi) is 7.87. The Morgan fingerprint density at radius 3 is 2.55 bits per heavy atom. The number of halogens is 4. The van der Waals surface area contributed by atoms with Gasteiger partial charge in [0.15, 0.2) is 27.0 Å². The molecule has 1 aromatic heterocycles. The molecule has 1 saturated heterocycles. The summed E-state index contributed by atoms with van der Waals surface area (Å²) in [5.41, 5.74) is 0.179. The normalized spacial score (nSPS) is 22.6. The number of hydrogen-bond donors (Lipinski definition) is 0. The summed E-state index contributed by atoms with van der Waals surface area (Å²) in [6.07, 6.45) is 2.41. The van der Waals surface area contributed by atoms with Gasteiger partial charge in [-0.2, -0.15) is 0 Å². The second-order valence-electron chi connectivity index (χ2n) is 11.5. The van der Waals surface area contributed by atoms with Gasteiger partial charge in [-0.1, -0.05) is 41.3 Å². The fourth-order valence-corrected chi connectivity index (χ4v) is 8.14. The molecule has 3 aliphatic rings. The van der Waals surface area contributed by atoms with Gasteiger partial charge in [0.1, 0.15) is 17.3 Å². The van der Waals surface area contributed by atoms with Crippen LogP contribution in [0.1, 0.15) is 60.7 Å². The summed E-state index contributed by atoms with van der Waals surface area (Å²) in [7, 11) is -3.52. The van der Waals surface area contributed by atoms with Crippen LogP contribution in [0.2, 0.25) is 10.0 Å². The summed E-state index contributed by atoms with van der Waals surface area (Å²) >= 11 is 12.9. The number of rotatable bonds is 11. The molecule has 1 aliphatic heterocycles. The van der Waals surface area contributed by atoms with Crippen LogP contribution >= 0.6 is 23.2 Å². The lowest BCUT2D eigenvalue weighted by atomic mass is 10.0. The molecule has 0 N–H and O–H groups in total. The maximum Gasteiger partial charge on any atom is 0.180 e. The number of nitrogens with zero attached hydrogens (tertiary/aromatic N) is 2. The van der Waals surface area contributed by atoms with Gasteiger partial charge in [0.2, 0.25) is 0 Å². The smallest absolute Gasteiger partial charge is 0.180 e. The molecule has 0 radical (unpaired) electrons. The molecule has 0 amide bonds. The highest BCUT2D eigenvalue weighted by Crippen LogP contribution is 2.53. The number of alkyl halides is 1. The van der Waals surface area contributed by atoms with E-state index in [-0.39, 0.29) is 41.7 Å². The molecule has 224 valence electrons. The molecular weight excluding hydrogens is 609 g/mol. The van der Waals surface area contributed by atoms with Crippen molar-refractivity contribution in [3.8, 4) is 11.3 Å². The van der Waals surface area contributed by atoms with Crippen molar-refractivity contribution >= 4 is 44.5 Å². The zero-order chi connectivity index (χ0) is 29.8. The number of hydrogen-bond acceptors (Lipinski definition) is 7. The lowest BCUT2D eigenvalue weighted by Gasteiger charge is -2.33. The van der Waals surface area contributed by atoms with Crippen molar-refractivity contribution < 1.29 is 31.3 Å². The van der Waals surface area contributed by atoms with Gasteiger partial charge in [-0.25, -0.2) is 17.2 Å². The van der Waals surface area contributed by atoms with Crippen molar-refractivity contribution in [2.75, 3.05) is 23.0 Å². The van der Waals surface area contributed by atoms with Crippen LogP contribution in [0.5, 0.6) is 0 Å². The number of ketones is 1. The molecule has 0 spiro atoms. The zero-order valence-electron chi connectivity index (χ0n) is 22.9. The molecule has 2 heterocycles. The maximum atomic E-state index is 15.2. The van der Waals surface area contributed by atoms with E-state index in [1.54, 1.807) is 31.2 Å². The van der Waals surface area contributed by atoms with Gasteiger partial charge in [0.05, 0.1) is 39.8 Å². The monoisotopic (exact) mass is 638 g/mol. The van der Waals surface area contributed by atoms with Crippen LogP contribution < -0.4 is 4.90 Å². The number of carbonyl (C=O) groups is 1. The van der Waals surface area contributed by atoms with Crippen molar-refractivity contribution in [2.24, 2.45) is 5.92 Å². The number of sulfone groups is 1. The van der Waals surface area contributed by atoms with E-state index >= 15 is 8.78 Å². The van der Waals surface area contributed by atoms with Gasteiger partial charge in [-0.05, 0) is 62.4 Å². The van der Waals surface area contributed by atoms with E-state index in [2.05, 4.69) is 5.16 Å². The Bertz CT molecular complexity index is 1620. The summed E-state index contributed by atoms with van der Waals surface area (Å²) in [6.45, 7) is 2.35. The van der Waals surface area contributed by atoms with Gasteiger partial charge in [-0.3, -0.25) is 4.79 Å². The molecule has 3 atom stereocenters. The van der Waals surface area contributed by atoms with E-state index in [1.807, 2.05) is 4.90 Å². The lowest BCUT2D eigenvalue weighted by Crippen LogP contribution is -2.39. The largest absolute Gasteiger partial charge is 0.373 e. The number of ether oxygens (including phenoxy) is 1. The highest BCUT2D eigenvalue weighted by atomic mass is 35.5. The summed E-state index contributed by atoms with van der Waals surface area (Å²) in [5, 5.41) is 4.90. The Balaban J connectivity index is 1.14. The molecule has 2 bridgehead atoms. The molecular formula is C30H30Cl2F2N2O5S. The first-order chi connectivity index (χ1) is 20.0. The second kappa shape index (κ2) is 11.2. The molecule has 7 nitrogen and oxygen atoms in total. The van der Waals surface area contributed by atoms with Crippen LogP contribution in [-0.4, -0.2) is 49.6 Å². The predicted molar refractivity (Wildman–Crippen MR) is 156 cm³/mol. The minimum absolute atomic E-state index is 0.0244. The minimum atomic E-state index is -3.52. The van der Waals surface area contributed by atoms with Crippen molar-refractivity contribution in [1.82, 2.24) is 5.16 Å². The number of piperidine rings is 1. The highest BCUT2D eigenvalue weighted by Gasteiger charge is 2.52. The summed E-state index contributed by atoms with van der Waals surface area (Å²) in [5.74, 6) is -1.62. The molecule has 12 heteroatoms. The first-order valence-electron chi connectivity index (χ1n) is 14.0. The van der Waals surface area contributed by atoms with E-state index in [1.165, 1.54) is 6.07 Å². The average molecular weight is 640 g/mol. The van der Waals surface area contributed by atoms with E-state index in [0.29, 0.717) is 64.8 Å². The highest BCUT2D eigenvalue weighted by molar-refractivity contribution is 7.92. The van der Waals surface area contributed by atoms with Crippen molar-refractivity contribution in [3.63, 3.8) is 0 Å². The van der Waals surface area contributed by atoms with Gasteiger partial charge >= 0.3 is 0 Å². The Morgan fingerprint density at radius 2 is 1.93 bits per heavy atom. The lowest BCUT2D eigenvalue weighted by molar-refractivity contribution is 0.0113. The minimum Gasteiger partial charge on any atom is -0.373 e. The van der Waals surface area contributed by atoms with Crippen LogP contribution in [0.15, 0.2) is 40.9 Å². The van der Waals surface area contributed by atoms with Crippen molar-refractivity contribution in [1.29, 1.82) is 0 Å². The maximum absolute atomic E-state index is 15.2. The van der Waals surface area contributed by atoms with Crippen molar-refractivity contribution in [2.45, 2.75) is 63.4 Å². The third-order valence-electron chi connectivity index (χ3n) is 8.45. The second-order valence-corrected chi connectivity index (χ2v) is 14.5. The summed E-state index contributed by atoms with van der Waals surface area (Å²) in [4.78, 5) is 14.5. The third kappa shape index (κ3) is 5.58. The standard InChI is InChI=1S/C30H30Cl2F2N2O5S/c1-2-10-42(38,39)16-25(37)17-6-7-24(23(33)12-17)36-14-18-11-19(36)13-26(18)40-15-20-28(27-21(31)4-3-5-22(27)32)35-41-29(20)30(34)8-9-30/h3-7,12,18-19,26H,2,8-11,13-16H2,1H3/t18-,19-,26+/m0/s1. The fraction of sp³-hybridized carbons (Fsp3) is 0.467. The van der Waals surface area contributed by atoms with Crippen LogP contribution in [0.25, 0.3) is 11.3 Å². The Morgan fingerprint density at radius 1 is 1.19 bits per heavy atom. The van der Waals surface area contributed by atoms with Crippen LogP contribution in [0.3, 0.4) is 0 Å². The number of carbonyl (C=O) groups excluding carboxylic acids is 1. The van der Waals surface area contributed by atoms with Crippen LogP contribution in [0, 0.1) is 11.7 Å². The van der Waals surface area contributed by atoms with E-state index in [9.17, 15) is 13.2 Å². The predicted octanol–water partition coefficient (Wildman–Crippen LogP) is 6.94. The molecule has 2 aromatic carbocycles. The number of anilines is 1. The van der Waals surface area contributed by atoms with Gasteiger partial charge in [-0.15, -0.1) is 0 Å². The molecule has 2 aliphatic carbocycles. The van der Waals surface area contributed by atoms with E-state index in [4.69, 9.17) is 32.5 Å². The quantitative estimate of drug-likeness (QED) is 0.210. The molecule has 2 saturated carbocycles. The molecule has 6 rings (SSSR count). The topological polar surface area (TPSA) is 89.7 Å². The Hall–Kier alpha value is -2.53. The molecule has 3 fully saturated rings. The SMILES string of the molecule is CCCS(=O)(=O)CC(=O)c1ccc(N2C[C@@H]3C[C@H]2C[C@H]3OCc2c(-c3c(Cl)cccc3Cl)noc2C2(F)CC2)c(F)c1. The number of aromatic nitrogens is 1. The average Bonchev–Trinajstić information content (AvgIpc) is 3.25. The third-order valence-corrected chi connectivity index (χ3v) is 10.8. The zero-order valence-corrected chi connectivity index (χ0v) is 25.2. The first kappa shape index (κ1) is 29.5. The summed E-state index contributed by atoms with van der Waals surface area (Å²) < 4.78 is 66.3. The van der Waals surface area contributed by atoms with Gasteiger partial charge < -0.3 is 14.2 Å². The molecule has 3 aromatic rings. The van der Waals surface area contributed by atoms with Gasteiger partial charge in [0.25, 0.3) is 0 Å². The Labute approximate surface area is 253 Å². The fourth-order valence-electron chi connectivity index (χ4n) is 6.23. The first-order valence-corrected chi connectivity index (χ1v) is 16.6. The van der Waals surface area contributed by atoms with Crippen LogP contribution in [-0.2, 0) is 26.8 Å². The van der Waals surface area contributed by atoms with E-state index in [0.717, 1.165) is 12.5 Å². The number of Topliss-reactive ketones (excluding diaryl/α,β-unsaturated/α-hetero) is 1. The van der Waals surface area contributed by atoms with Gasteiger partial charge in [0, 0.05) is 29.6 Å². The number of fused-ring (bicyclic) bond motifs is 2.